The van der Waals surface area contributed by atoms with Crippen molar-refractivity contribution in [2.75, 3.05) is 31.6 Å². The maximum atomic E-state index is 12.3. The van der Waals surface area contributed by atoms with Crippen LogP contribution in [-0.2, 0) is 4.79 Å². The molecule has 0 radical (unpaired) electrons. The van der Waals surface area contributed by atoms with E-state index in [4.69, 9.17) is 11.6 Å². The van der Waals surface area contributed by atoms with E-state index in [1.807, 2.05) is 24.1 Å². The molecule has 26 heavy (non-hydrogen) atoms. The quantitative estimate of drug-likeness (QED) is 0.900. The summed E-state index contributed by atoms with van der Waals surface area (Å²) < 4.78 is 0. The summed E-state index contributed by atoms with van der Waals surface area (Å²) in [5.41, 5.74) is 2.02. The van der Waals surface area contributed by atoms with Gasteiger partial charge in [-0.25, -0.2) is 0 Å². The zero-order valence-electron chi connectivity index (χ0n) is 15.3. The average Bonchev–Trinajstić information content (AvgIpc) is 2.94. The third-order valence-electron chi connectivity index (χ3n) is 5.56. The van der Waals surface area contributed by atoms with Crippen molar-refractivity contribution in [3.63, 3.8) is 0 Å². The molecule has 1 amide bonds. The molecule has 0 aliphatic carbocycles. The fourth-order valence-electron chi connectivity index (χ4n) is 4.33. The van der Waals surface area contributed by atoms with Crippen LogP contribution in [0, 0.1) is 5.92 Å². The summed E-state index contributed by atoms with van der Waals surface area (Å²) in [7, 11) is 1.88. The summed E-state index contributed by atoms with van der Waals surface area (Å²) in [5.74, 6) is 0.772. The smallest absolute Gasteiger partial charge is 0.239 e. The number of pyridine rings is 1. The van der Waals surface area contributed by atoms with Gasteiger partial charge in [-0.1, -0.05) is 18.5 Å². The molecule has 1 aromatic heterocycles. The maximum absolute atomic E-state index is 12.3. The zero-order valence-corrected chi connectivity index (χ0v) is 16.0. The Bertz CT molecular complexity index is 827. The summed E-state index contributed by atoms with van der Waals surface area (Å²) in [6, 6.07) is 8.33. The van der Waals surface area contributed by atoms with Crippen LogP contribution in [0.2, 0.25) is 5.02 Å². The average molecular weight is 373 g/mol. The highest BCUT2D eigenvalue weighted by atomic mass is 35.5. The number of amides is 1. The molecule has 3 atom stereocenters. The molecular weight excluding hydrogens is 348 g/mol. The van der Waals surface area contributed by atoms with Crippen LogP contribution in [0.3, 0.4) is 0 Å². The van der Waals surface area contributed by atoms with E-state index in [2.05, 4.69) is 34.3 Å². The predicted octanol–water partition coefficient (Wildman–Crippen LogP) is 2.92. The van der Waals surface area contributed by atoms with Gasteiger partial charge in [0.15, 0.2) is 0 Å². The Morgan fingerprint density at radius 1 is 1.27 bits per heavy atom. The lowest BCUT2D eigenvalue weighted by molar-refractivity contribution is -0.128. The second kappa shape index (κ2) is 7.05. The van der Waals surface area contributed by atoms with Crippen LogP contribution in [0.5, 0.6) is 0 Å². The summed E-state index contributed by atoms with van der Waals surface area (Å²) in [5, 5.41) is 5.38. The molecule has 138 valence electrons. The Labute approximate surface area is 159 Å². The number of halogens is 1. The molecule has 2 aliphatic rings. The largest absolute Gasteiger partial charge is 0.369 e. The Hall–Kier alpha value is -1.85. The lowest BCUT2D eigenvalue weighted by Gasteiger charge is -2.39. The lowest BCUT2D eigenvalue weighted by Crippen LogP contribution is -2.53. The lowest BCUT2D eigenvalue weighted by atomic mass is 9.94. The predicted molar refractivity (Wildman–Crippen MR) is 106 cm³/mol. The molecule has 6 heteroatoms. The number of carbonyl (C=O) groups is 1. The van der Waals surface area contributed by atoms with Gasteiger partial charge in [0.25, 0.3) is 0 Å². The standard InChI is InChI=1S/C20H25ClN4O/c1-13-10-14(23-17-7-9-24(2)20(17)26)12-25(11-13)18-6-5-16(21)19-15(18)4-3-8-22-19/h3-6,8,13-14,17,23H,7,9-12H2,1-2H3/t13-,14+,17-/m0/s1. The molecular formula is C20H25ClN4O. The molecule has 3 heterocycles. The molecule has 2 aliphatic heterocycles. The van der Waals surface area contributed by atoms with Gasteiger partial charge in [0, 0.05) is 50.0 Å². The van der Waals surface area contributed by atoms with Crippen molar-refractivity contribution in [3.8, 4) is 0 Å². The van der Waals surface area contributed by atoms with E-state index in [1.54, 1.807) is 6.20 Å². The van der Waals surface area contributed by atoms with Crippen molar-refractivity contribution in [2.45, 2.75) is 31.8 Å². The Morgan fingerprint density at radius 3 is 2.88 bits per heavy atom. The van der Waals surface area contributed by atoms with Gasteiger partial charge in [0.05, 0.1) is 16.6 Å². The number of hydrogen-bond donors (Lipinski definition) is 1. The molecule has 0 spiro atoms. The number of carbonyl (C=O) groups excluding carboxylic acids is 1. The van der Waals surface area contributed by atoms with E-state index in [0.717, 1.165) is 43.4 Å². The summed E-state index contributed by atoms with van der Waals surface area (Å²) in [6.07, 6.45) is 3.77. The molecule has 0 unspecified atom stereocenters. The highest BCUT2D eigenvalue weighted by Gasteiger charge is 2.33. The first-order chi connectivity index (χ1) is 12.5. The number of piperidine rings is 1. The van der Waals surface area contributed by atoms with Crippen LogP contribution in [-0.4, -0.2) is 54.6 Å². The van der Waals surface area contributed by atoms with Gasteiger partial charge in [-0.2, -0.15) is 0 Å². The van der Waals surface area contributed by atoms with Crippen LogP contribution < -0.4 is 10.2 Å². The molecule has 2 saturated heterocycles. The Kier molecular flexibility index (Phi) is 4.76. The van der Waals surface area contributed by atoms with Gasteiger partial charge >= 0.3 is 0 Å². The first kappa shape index (κ1) is 17.6. The molecule has 4 rings (SSSR count). The second-order valence-corrected chi connectivity index (χ2v) is 8.08. The number of fused-ring (bicyclic) bond motifs is 1. The van der Waals surface area contributed by atoms with Crippen molar-refractivity contribution in [2.24, 2.45) is 5.92 Å². The number of benzene rings is 1. The van der Waals surface area contributed by atoms with E-state index in [0.29, 0.717) is 17.0 Å². The fraction of sp³-hybridized carbons (Fsp3) is 0.500. The molecule has 1 aromatic carbocycles. The number of nitrogens with one attached hydrogen (secondary N) is 1. The molecule has 0 bridgehead atoms. The van der Waals surface area contributed by atoms with Gasteiger partial charge in [-0.3, -0.25) is 9.78 Å². The molecule has 5 nitrogen and oxygen atoms in total. The number of likely N-dealkylation sites (N-methyl/N-ethyl adjacent to an activating group) is 1. The van der Waals surface area contributed by atoms with Crippen LogP contribution in [0.15, 0.2) is 30.5 Å². The van der Waals surface area contributed by atoms with Crippen LogP contribution in [0.1, 0.15) is 19.8 Å². The minimum Gasteiger partial charge on any atom is -0.369 e. The number of anilines is 1. The van der Waals surface area contributed by atoms with Gasteiger partial charge in [-0.05, 0) is 43.0 Å². The van der Waals surface area contributed by atoms with Gasteiger partial charge < -0.3 is 15.1 Å². The number of aromatic nitrogens is 1. The third-order valence-corrected chi connectivity index (χ3v) is 5.87. The molecule has 2 aromatic rings. The van der Waals surface area contributed by atoms with Crippen molar-refractivity contribution < 1.29 is 4.79 Å². The third kappa shape index (κ3) is 3.26. The monoisotopic (exact) mass is 372 g/mol. The van der Waals surface area contributed by atoms with Crippen molar-refractivity contribution in [1.82, 2.24) is 15.2 Å². The Morgan fingerprint density at radius 2 is 2.12 bits per heavy atom. The zero-order chi connectivity index (χ0) is 18.3. The van der Waals surface area contributed by atoms with Crippen molar-refractivity contribution in [3.05, 3.63) is 35.5 Å². The van der Waals surface area contributed by atoms with Crippen LogP contribution >= 0.6 is 11.6 Å². The first-order valence-electron chi connectivity index (χ1n) is 9.32. The highest BCUT2D eigenvalue weighted by Crippen LogP contribution is 2.33. The number of nitrogens with zero attached hydrogens (tertiary/aromatic N) is 3. The number of hydrogen-bond acceptors (Lipinski definition) is 4. The molecule has 0 saturated carbocycles. The normalized spacial score (nSPS) is 26.7. The number of likely N-dealkylation sites (tertiary alicyclic amines) is 1. The first-order valence-corrected chi connectivity index (χ1v) is 9.70. The molecule has 2 fully saturated rings. The van der Waals surface area contributed by atoms with E-state index >= 15 is 0 Å². The minimum atomic E-state index is -0.0409. The summed E-state index contributed by atoms with van der Waals surface area (Å²) >= 11 is 6.33. The second-order valence-electron chi connectivity index (χ2n) is 7.68. The summed E-state index contributed by atoms with van der Waals surface area (Å²) in [4.78, 5) is 20.9. The van der Waals surface area contributed by atoms with Gasteiger partial charge in [0.1, 0.15) is 0 Å². The van der Waals surface area contributed by atoms with Crippen molar-refractivity contribution >= 4 is 34.1 Å². The van der Waals surface area contributed by atoms with Crippen LogP contribution in [0.4, 0.5) is 5.69 Å². The SMILES string of the molecule is C[C@H]1C[C@@H](N[C@H]2CCN(C)C2=O)CN(c2ccc(Cl)c3ncccc23)C1. The van der Waals surface area contributed by atoms with Crippen molar-refractivity contribution in [1.29, 1.82) is 0 Å². The van der Waals surface area contributed by atoms with E-state index in [9.17, 15) is 4.79 Å². The van der Waals surface area contributed by atoms with Crippen LogP contribution in [0.25, 0.3) is 10.9 Å². The highest BCUT2D eigenvalue weighted by molar-refractivity contribution is 6.35. The van der Waals surface area contributed by atoms with Gasteiger partial charge in [0.2, 0.25) is 5.91 Å². The summed E-state index contributed by atoms with van der Waals surface area (Å²) in [6.45, 7) is 5.02. The minimum absolute atomic E-state index is 0.0409. The van der Waals surface area contributed by atoms with E-state index in [1.165, 1.54) is 5.69 Å². The fourth-order valence-corrected chi connectivity index (χ4v) is 4.54. The van der Waals surface area contributed by atoms with Gasteiger partial charge in [-0.15, -0.1) is 0 Å². The van der Waals surface area contributed by atoms with E-state index < -0.39 is 0 Å². The topological polar surface area (TPSA) is 48.5 Å². The Balaban J connectivity index is 1.58. The molecule has 1 N–H and O–H groups in total. The van der Waals surface area contributed by atoms with E-state index in [-0.39, 0.29) is 11.9 Å². The number of rotatable bonds is 3. The maximum Gasteiger partial charge on any atom is 0.239 e.